The number of ether oxygens (including phenoxy) is 1. The number of carboxylic acid groups (broad SMARTS) is 1. The van der Waals surface area contributed by atoms with Crippen molar-refractivity contribution in [2.45, 2.75) is 11.8 Å². The van der Waals surface area contributed by atoms with E-state index in [1.54, 1.807) is 50.4 Å². The van der Waals surface area contributed by atoms with Gasteiger partial charge in [0.05, 0.1) is 12.0 Å². The van der Waals surface area contributed by atoms with Crippen LogP contribution in [0.25, 0.3) is 11.3 Å². The minimum atomic E-state index is -3.78. The topological polar surface area (TPSA) is 111 Å². The van der Waals surface area contributed by atoms with E-state index in [0.29, 0.717) is 28.3 Å². The van der Waals surface area contributed by atoms with E-state index in [-0.39, 0.29) is 10.5 Å². The first kappa shape index (κ1) is 19.4. The molecular formula is C19H19N3O5S. The van der Waals surface area contributed by atoms with Gasteiger partial charge in [0, 0.05) is 24.5 Å². The molecule has 0 radical (unpaired) electrons. The predicted octanol–water partition coefficient (Wildman–Crippen LogP) is 2.90. The van der Waals surface area contributed by atoms with Gasteiger partial charge in [-0.3, -0.25) is 9.40 Å². The van der Waals surface area contributed by atoms with Crippen molar-refractivity contribution in [1.29, 1.82) is 0 Å². The normalized spacial score (nSPS) is 11.2. The van der Waals surface area contributed by atoms with Gasteiger partial charge >= 0.3 is 5.97 Å². The van der Waals surface area contributed by atoms with Gasteiger partial charge in [-0.15, -0.1) is 0 Å². The van der Waals surface area contributed by atoms with Crippen LogP contribution in [0.1, 0.15) is 15.9 Å². The molecule has 9 heteroatoms. The van der Waals surface area contributed by atoms with Crippen LogP contribution < -0.4 is 9.46 Å². The number of carboxylic acids is 1. The van der Waals surface area contributed by atoms with Gasteiger partial charge in [-0.05, 0) is 42.8 Å². The lowest BCUT2D eigenvalue weighted by Crippen LogP contribution is -2.14. The van der Waals surface area contributed by atoms with Crippen LogP contribution in [-0.4, -0.2) is 36.4 Å². The summed E-state index contributed by atoms with van der Waals surface area (Å²) in [6.45, 7) is 1.69. The van der Waals surface area contributed by atoms with Gasteiger partial charge in [0.25, 0.3) is 10.0 Å². The highest BCUT2D eigenvalue weighted by Crippen LogP contribution is 2.26. The molecule has 0 saturated heterocycles. The SMILES string of the molecule is COc1ccc(S(=O)(=O)Nc2ccc(-c3nn(C)cc3C(=O)O)cc2)c(C)c1. The van der Waals surface area contributed by atoms with Crippen molar-refractivity contribution in [1.82, 2.24) is 9.78 Å². The summed E-state index contributed by atoms with van der Waals surface area (Å²) in [6.07, 6.45) is 1.42. The van der Waals surface area contributed by atoms with Gasteiger partial charge in [0.2, 0.25) is 0 Å². The minimum Gasteiger partial charge on any atom is -0.497 e. The Balaban J connectivity index is 1.87. The second kappa shape index (κ2) is 7.35. The molecule has 0 spiro atoms. The lowest BCUT2D eigenvalue weighted by molar-refractivity contribution is 0.0697. The lowest BCUT2D eigenvalue weighted by atomic mass is 10.1. The zero-order valence-electron chi connectivity index (χ0n) is 15.5. The number of nitrogens with one attached hydrogen (secondary N) is 1. The Morgan fingerprint density at radius 2 is 1.86 bits per heavy atom. The Bertz CT molecular complexity index is 1130. The summed E-state index contributed by atoms with van der Waals surface area (Å²) in [5.41, 5.74) is 1.87. The summed E-state index contributed by atoms with van der Waals surface area (Å²) in [6, 6.07) is 11.1. The number of carbonyl (C=O) groups is 1. The molecule has 8 nitrogen and oxygen atoms in total. The summed E-state index contributed by atoms with van der Waals surface area (Å²) in [5.74, 6) is -0.506. The standard InChI is InChI=1S/C19H19N3O5S/c1-12-10-15(27-3)8-9-17(12)28(25,26)21-14-6-4-13(5-7-14)18-16(19(23)24)11-22(2)20-18/h4-11,21H,1-3H3,(H,23,24). The number of aryl methyl sites for hydroxylation is 2. The van der Waals surface area contributed by atoms with E-state index in [4.69, 9.17) is 4.74 Å². The molecule has 0 bridgehead atoms. The van der Waals surface area contributed by atoms with E-state index < -0.39 is 16.0 Å². The molecule has 0 saturated carbocycles. The van der Waals surface area contributed by atoms with Crippen LogP contribution in [0.5, 0.6) is 5.75 Å². The Labute approximate surface area is 162 Å². The number of hydrogen-bond acceptors (Lipinski definition) is 5. The molecule has 0 fully saturated rings. The highest BCUT2D eigenvalue weighted by molar-refractivity contribution is 7.92. The Morgan fingerprint density at radius 1 is 1.18 bits per heavy atom. The molecule has 28 heavy (non-hydrogen) atoms. The first-order valence-electron chi connectivity index (χ1n) is 8.26. The second-order valence-electron chi connectivity index (χ2n) is 6.18. The molecule has 146 valence electrons. The highest BCUT2D eigenvalue weighted by atomic mass is 32.2. The number of anilines is 1. The van der Waals surface area contributed by atoms with Crippen molar-refractivity contribution in [2.24, 2.45) is 7.05 Å². The third-order valence-corrected chi connectivity index (χ3v) is 5.68. The predicted molar refractivity (Wildman–Crippen MR) is 104 cm³/mol. The molecule has 0 amide bonds. The number of aromatic nitrogens is 2. The Kier molecular flexibility index (Phi) is 5.10. The zero-order chi connectivity index (χ0) is 20.5. The van der Waals surface area contributed by atoms with Crippen molar-refractivity contribution in [3.05, 3.63) is 59.8 Å². The van der Waals surface area contributed by atoms with Crippen molar-refractivity contribution in [3.63, 3.8) is 0 Å². The molecule has 3 rings (SSSR count). The molecule has 2 N–H and O–H groups in total. The number of methoxy groups -OCH3 is 1. The van der Waals surface area contributed by atoms with E-state index in [2.05, 4.69) is 9.82 Å². The smallest absolute Gasteiger partial charge is 0.339 e. The van der Waals surface area contributed by atoms with E-state index >= 15 is 0 Å². The molecule has 3 aromatic rings. The molecule has 2 aromatic carbocycles. The summed E-state index contributed by atoms with van der Waals surface area (Å²) < 4.78 is 34.4. The molecule has 0 aliphatic rings. The molecule has 1 heterocycles. The number of benzene rings is 2. The first-order valence-corrected chi connectivity index (χ1v) is 9.74. The average molecular weight is 401 g/mol. The summed E-state index contributed by atoms with van der Waals surface area (Å²) in [5, 5.41) is 13.5. The van der Waals surface area contributed by atoms with Gasteiger partial charge in [-0.25, -0.2) is 13.2 Å². The maximum Gasteiger partial charge on any atom is 0.339 e. The maximum atomic E-state index is 12.7. The number of nitrogens with zero attached hydrogens (tertiary/aromatic N) is 2. The maximum absolute atomic E-state index is 12.7. The van der Waals surface area contributed by atoms with Crippen LogP contribution in [0.2, 0.25) is 0 Å². The summed E-state index contributed by atoms with van der Waals surface area (Å²) in [7, 11) is -0.635. The Hall–Kier alpha value is -3.33. The number of sulfonamides is 1. The van der Waals surface area contributed by atoms with Gasteiger partial charge < -0.3 is 9.84 Å². The third-order valence-electron chi connectivity index (χ3n) is 4.14. The average Bonchev–Trinajstić information content (AvgIpc) is 3.03. The fourth-order valence-corrected chi connectivity index (χ4v) is 4.10. The summed E-state index contributed by atoms with van der Waals surface area (Å²) in [4.78, 5) is 11.5. The molecule has 0 aliphatic carbocycles. The Morgan fingerprint density at radius 3 is 2.43 bits per heavy atom. The fraction of sp³-hybridized carbons (Fsp3) is 0.158. The third kappa shape index (κ3) is 3.84. The van der Waals surface area contributed by atoms with Crippen LogP contribution in [0.3, 0.4) is 0 Å². The van der Waals surface area contributed by atoms with E-state index in [1.807, 2.05) is 0 Å². The number of aromatic carboxylic acids is 1. The van der Waals surface area contributed by atoms with Gasteiger partial charge in [-0.2, -0.15) is 5.10 Å². The van der Waals surface area contributed by atoms with Crippen LogP contribution in [0.15, 0.2) is 53.6 Å². The fourth-order valence-electron chi connectivity index (χ4n) is 2.81. The molecule has 0 aliphatic heterocycles. The molecule has 0 unspecified atom stereocenters. The second-order valence-corrected chi connectivity index (χ2v) is 7.84. The van der Waals surface area contributed by atoms with Gasteiger partial charge in [0.15, 0.2) is 0 Å². The van der Waals surface area contributed by atoms with Crippen LogP contribution in [0, 0.1) is 6.92 Å². The molecular weight excluding hydrogens is 382 g/mol. The van der Waals surface area contributed by atoms with Gasteiger partial charge in [0.1, 0.15) is 17.0 Å². The van der Waals surface area contributed by atoms with Crippen LogP contribution >= 0.6 is 0 Å². The zero-order valence-corrected chi connectivity index (χ0v) is 16.3. The first-order chi connectivity index (χ1) is 13.2. The lowest BCUT2D eigenvalue weighted by Gasteiger charge is -2.12. The van der Waals surface area contributed by atoms with Crippen molar-refractivity contribution in [2.75, 3.05) is 11.8 Å². The minimum absolute atomic E-state index is 0.0738. The van der Waals surface area contributed by atoms with E-state index in [0.717, 1.165) is 0 Å². The molecule has 1 aromatic heterocycles. The van der Waals surface area contributed by atoms with Crippen LogP contribution in [0.4, 0.5) is 5.69 Å². The van der Waals surface area contributed by atoms with E-state index in [1.165, 1.54) is 24.1 Å². The number of rotatable bonds is 6. The van der Waals surface area contributed by atoms with Crippen molar-refractivity contribution in [3.8, 4) is 17.0 Å². The monoisotopic (exact) mass is 401 g/mol. The van der Waals surface area contributed by atoms with Crippen molar-refractivity contribution < 1.29 is 23.1 Å². The van der Waals surface area contributed by atoms with Crippen molar-refractivity contribution >= 4 is 21.7 Å². The quantitative estimate of drug-likeness (QED) is 0.657. The highest BCUT2D eigenvalue weighted by Gasteiger charge is 2.19. The van der Waals surface area contributed by atoms with Gasteiger partial charge in [-0.1, -0.05) is 12.1 Å². The van der Waals surface area contributed by atoms with Crippen LogP contribution in [-0.2, 0) is 17.1 Å². The molecule has 0 atom stereocenters. The van der Waals surface area contributed by atoms with E-state index in [9.17, 15) is 18.3 Å². The largest absolute Gasteiger partial charge is 0.497 e. The summed E-state index contributed by atoms with van der Waals surface area (Å²) >= 11 is 0. The number of hydrogen-bond donors (Lipinski definition) is 2.